The van der Waals surface area contributed by atoms with E-state index in [1.807, 2.05) is 78.9 Å². The lowest BCUT2D eigenvalue weighted by atomic mass is 9.78. The van der Waals surface area contributed by atoms with Gasteiger partial charge in [-0.3, -0.25) is 14.2 Å². The number of carbonyl (C=O) groups excluding carboxylic acids is 1. The standard InChI is InChI=1S/C35H40N2O5/c36-30(35(40)41)21-27-22-37(31-17-9-8-16-28(27)31)34(39)29(33(38)26-14-5-2-6-15-26)20-19-25-13-7-10-18-32(25)42-23-24-11-3-1-4-12-24/h1,3-4,7-13,16-18,22,26,29-30,33,38H,2,5-6,14-15,19-21,23,36H2,(H,40,41). The van der Waals surface area contributed by atoms with Crippen molar-refractivity contribution in [3.63, 3.8) is 0 Å². The van der Waals surface area contributed by atoms with Crippen LogP contribution >= 0.6 is 0 Å². The van der Waals surface area contributed by atoms with E-state index in [9.17, 15) is 19.8 Å². The van der Waals surface area contributed by atoms with Crippen molar-refractivity contribution in [2.45, 2.75) is 70.1 Å². The van der Waals surface area contributed by atoms with Gasteiger partial charge in [-0.05, 0) is 60.4 Å². The smallest absolute Gasteiger partial charge is 0.320 e. The number of hydrogen-bond donors (Lipinski definition) is 3. The summed E-state index contributed by atoms with van der Waals surface area (Å²) in [7, 11) is 0. The molecule has 1 fully saturated rings. The van der Waals surface area contributed by atoms with E-state index in [1.165, 1.54) is 0 Å². The second-order valence-electron chi connectivity index (χ2n) is 11.4. The third-order valence-corrected chi connectivity index (χ3v) is 8.59. The highest BCUT2D eigenvalue weighted by Gasteiger charge is 2.35. The molecule has 1 aliphatic carbocycles. The number of aliphatic hydroxyl groups is 1. The average molecular weight is 569 g/mol. The Kier molecular flexibility index (Phi) is 9.72. The van der Waals surface area contributed by atoms with Gasteiger partial charge in [-0.2, -0.15) is 0 Å². The Morgan fingerprint density at radius 2 is 1.60 bits per heavy atom. The first kappa shape index (κ1) is 29.5. The van der Waals surface area contributed by atoms with Gasteiger partial charge in [-0.15, -0.1) is 0 Å². The SMILES string of the molecule is NC(Cc1cn(C(=O)C(CCc2ccccc2OCc2ccccc2)C(O)C2CCCCC2)c2ccccc12)C(=O)O. The number of hydrogen-bond acceptors (Lipinski definition) is 5. The van der Waals surface area contributed by atoms with E-state index in [2.05, 4.69) is 0 Å². The molecule has 4 aromatic rings. The van der Waals surface area contributed by atoms with Crippen molar-refractivity contribution in [3.05, 3.63) is 102 Å². The van der Waals surface area contributed by atoms with E-state index < -0.39 is 24.0 Å². The lowest BCUT2D eigenvalue weighted by molar-refractivity contribution is -0.138. The number of rotatable bonds is 12. The monoisotopic (exact) mass is 568 g/mol. The van der Waals surface area contributed by atoms with Crippen LogP contribution < -0.4 is 10.5 Å². The van der Waals surface area contributed by atoms with E-state index in [4.69, 9.17) is 10.5 Å². The Morgan fingerprint density at radius 3 is 2.36 bits per heavy atom. The number of carboxylic acid groups (broad SMARTS) is 1. The molecule has 0 aliphatic heterocycles. The maximum atomic E-state index is 14.3. The number of para-hydroxylation sites is 2. The first-order valence-electron chi connectivity index (χ1n) is 15.0. The van der Waals surface area contributed by atoms with Gasteiger partial charge in [0.05, 0.1) is 17.5 Å². The van der Waals surface area contributed by atoms with Gasteiger partial charge >= 0.3 is 5.97 Å². The van der Waals surface area contributed by atoms with Gasteiger partial charge in [0.1, 0.15) is 18.4 Å². The van der Waals surface area contributed by atoms with Crippen LogP contribution in [-0.4, -0.2) is 38.8 Å². The van der Waals surface area contributed by atoms with Crippen LogP contribution in [-0.2, 0) is 24.2 Å². The number of ether oxygens (including phenoxy) is 1. The zero-order valence-corrected chi connectivity index (χ0v) is 23.9. The number of carboxylic acids is 1. The Hall–Kier alpha value is -3.94. The second kappa shape index (κ2) is 13.8. The van der Waals surface area contributed by atoms with E-state index in [0.717, 1.165) is 54.4 Å². The molecular weight excluding hydrogens is 528 g/mol. The molecule has 7 nitrogen and oxygen atoms in total. The molecule has 0 bridgehead atoms. The van der Waals surface area contributed by atoms with Gasteiger partial charge in [0.15, 0.2) is 0 Å². The first-order chi connectivity index (χ1) is 20.4. The molecule has 0 spiro atoms. The number of carbonyl (C=O) groups is 2. The van der Waals surface area contributed by atoms with Crippen molar-refractivity contribution in [2.24, 2.45) is 17.6 Å². The number of benzene rings is 3. The third-order valence-electron chi connectivity index (χ3n) is 8.59. The minimum absolute atomic E-state index is 0.0685. The van der Waals surface area contributed by atoms with Crippen LogP contribution in [0.25, 0.3) is 10.9 Å². The van der Waals surface area contributed by atoms with Gasteiger partial charge in [-0.25, -0.2) is 0 Å². The highest BCUT2D eigenvalue weighted by atomic mass is 16.5. The van der Waals surface area contributed by atoms with E-state index in [-0.39, 0.29) is 18.2 Å². The predicted octanol–water partition coefficient (Wildman–Crippen LogP) is 6.01. The number of aliphatic hydroxyl groups excluding tert-OH is 1. The van der Waals surface area contributed by atoms with E-state index in [0.29, 0.717) is 30.5 Å². The van der Waals surface area contributed by atoms with Crippen LogP contribution in [0.4, 0.5) is 0 Å². The van der Waals surface area contributed by atoms with Crippen molar-refractivity contribution in [3.8, 4) is 5.75 Å². The number of fused-ring (bicyclic) bond motifs is 1. The average Bonchev–Trinajstić information content (AvgIpc) is 3.39. The largest absolute Gasteiger partial charge is 0.489 e. The van der Waals surface area contributed by atoms with Crippen LogP contribution in [0.2, 0.25) is 0 Å². The number of nitrogens with two attached hydrogens (primary N) is 1. The Morgan fingerprint density at radius 1 is 0.905 bits per heavy atom. The zero-order chi connectivity index (χ0) is 29.5. The first-order valence-corrected chi connectivity index (χ1v) is 15.0. The molecule has 0 saturated heterocycles. The summed E-state index contributed by atoms with van der Waals surface area (Å²) in [6.07, 6.45) is 7.17. The second-order valence-corrected chi connectivity index (χ2v) is 11.4. The molecule has 42 heavy (non-hydrogen) atoms. The molecule has 3 atom stereocenters. The van der Waals surface area contributed by atoms with Gasteiger partial charge < -0.3 is 20.7 Å². The van der Waals surface area contributed by atoms with Crippen LogP contribution in [0, 0.1) is 11.8 Å². The zero-order valence-electron chi connectivity index (χ0n) is 23.9. The number of aryl methyl sites for hydroxylation is 1. The highest BCUT2D eigenvalue weighted by molar-refractivity contribution is 5.96. The van der Waals surface area contributed by atoms with Crippen molar-refractivity contribution in [1.29, 1.82) is 0 Å². The molecule has 4 N–H and O–H groups in total. The van der Waals surface area contributed by atoms with Gasteiger partial charge in [0.25, 0.3) is 0 Å². The maximum Gasteiger partial charge on any atom is 0.320 e. The van der Waals surface area contributed by atoms with Crippen LogP contribution in [0.1, 0.15) is 60.0 Å². The van der Waals surface area contributed by atoms with Crippen LogP contribution in [0.15, 0.2) is 85.1 Å². The van der Waals surface area contributed by atoms with Gasteiger partial charge in [0, 0.05) is 18.0 Å². The number of nitrogens with zero attached hydrogens (tertiary/aromatic N) is 1. The summed E-state index contributed by atoms with van der Waals surface area (Å²) in [6, 6.07) is 24.3. The molecule has 0 radical (unpaired) electrons. The molecule has 3 unspecified atom stereocenters. The van der Waals surface area contributed by atoms with E-state index in [1.54, 1.807) is 10.8 Å². The molecule has 1 heterocycles. The van der Waals surface area contributed by atoms with E-state index >= 15 is 0 Å². The normalized spacial score (nSPS) is 16.1. The molecule has 1 saturated carbocycles. The fourth-order valence-electron chi connectivity index (χ4n) is 6.24. The van der Waals surface area contributed by atoms with Crippen molar-refractivity contribution in [1.82, 2.24) is 4.57 Å². The summed E-state index contributed by atoms with van der Waals surface area (Å²) >= 11 is 0. The number of aromatic nitrogens is 1. The van der Waals surface area contributed by atoms with Crippen LogP contribution in [0.5, 0.6) is 5.75 Å². The molecule has 7 heteroatoms. The summed E-state index contributed by atoms with van der Waals surface area (Å²) in [4.78, 5) is 25.8. The minimum atomic E-state index is -1.09. The summed E-state index contributed by atoms with van der Waals surface area (Å²) in [6.45, 7) is 0.446. The molecule has 1 aliphatic rings. The topological polar surface area (TPSA) is 115 Å². The van der Waals surface area contributed by atoms with Crippen LogP contribution in [0.3, 0.4) is 0 Å². The molecule has 5 rings (SSSR count). The fourth-order valence-corrected chi connectivity index (χ4v) is 6.24. The predicted molar refractivity (Wildman–Crippen MR) is 163 cm³/mol. The van der Waals surface area contributed by atoms with Gasteiger partial charge in [0.2, 0.25) is 5.91 Å². The lowest BCUT2D eigenvalue weighted by Crippen LogP contribution is -2.38. The molecular formula is C35H40N2O5. The summed E-state index contributed by atoms with van der Waals surface area (Å²) < 4.78 is 7.79. The Balaban J connectivity index is 1.42. The van der Waals surface area contributed by atoms with Gasteiger partial charge in [-0.1, -0.05) is 86.0 Å². The number of aliphatic carboxylic acids is 1. The fraction of sp³-hybridized carbons (Fsp3) is 0.371. The molecule has 0 amide bonds. The molecule has 3 aromatic carbocycles. The Bertz CT molecular complexity index is 1490. The maximum absolute atomic E-state index is 14.3. The third kappa shape index (κ3) is 6.92. The lowest BCUT2D eigenvalue weighted by Gasteiger charge is -2.32. The molecule has 220 valence electrons. The summed E-state index contributed by atoms with van der Waals surface area (Å²) in [5, 5.41) is 21.9. The quantitative estimate of drug-likeness (QED) is 0.193. The highest BCUT2D eigenvalue weighted by Crippen LogP contribution is 2.34. The van der Waals surface area contributed by atoms with Crippen molar-refractivity contribution in [2.75, 3.05) is 0 Å². The van der Waals surface area contributed by atoms with Crippen molar-refractivity contribution < 1.29 is 24.5 Å². The Labute approximate surface area is 246 Å². The summed E-state index contributed by atoms with van der Waals surface area (Å²) in [5.41, 5.74) is 9.35. The molecule has 1 aromatic heterocycles. The minimum Gasteiger partial charge on any atom is -0.489 e. The summed E-state index contributed by atoms with van der Waals surface area (Å²) in [5.74, 6) is -1.05. The van der Waals surface area contributed by atoms with Crippen molar-refractivity contribution >= 4 is 22.8 Å².